The monoisotopic (exact) mass is 429 g/mol. The number of hydrogen-bond acceptors (Lipinski definition) is 2. The van der Waals surface area contributed by atoms with Gasteiger partial charge in [-0.05, 0) is 91.2 Å². The fraction of sp³-hybridized carbons (Fsp3) is 0.731. The van der Waals surface area contributed by atoms with Gasteiger partial charge < -0.3 is 9.64 Å². The highest BCUT2D eigenvalue weighted by Gasteiger charge is 2.62. The van der Waals surface area contributed by atoms with E-state index in [0.29, 0.717) is 23.3 Å². The SMILES string of the molecule is CC1C[C@H]2N(C)C(=O)CC[C@]2(C)[C@H]2CC[C@]3(C)C[C@@H](Oc4cccc(Cl)c4)C[C@H]3C12. The first-order valence-corrected chi connectivity index (χ1v) is 12.3. The van der Waals surface area contributed by atoms with Gasteiger partial charge in [0.25, 0.3) is 0 Å². The molecule has 1 heterocycles. The highest BCUT2D eigenvalue weighted by atomic mass is 35.5. The van der Waals surface area contributed by atoms with Crippen LogP contribution in [-0.4, -0.2) is 30.0 Å². The smallest absolute Gasteiger partial charge is 0.222 e. The fourth-order valence-corrected chi connectivity index (χ4v) is 8.46. The largest absolute Gasteiger partial charge is 0.490 e. The third kappa shape index (κ3) is 3.10. The van der Waals surface area contributed by atoms with E-state index < -0.39 is 0 Å². The number of nitrogens with zero attached hydrogens (tertiary/aromatic N) is 1. The molecule has 4 aliphatic rings. The molecule has 164 valence electrons. The van der Waals surface area contributed by atoms with Crippen molar-refractivity contribution in [2.24, 2.45) is 34.5 Å². The second-order valence-corrected chi connectivity index (χ2v) is 11.8. The predicted molar refractivity (Wildman–Crippen MR) is 121 cm³/mol. The van der Waals surface area contributed by atoms with Gasteiger partial charge in [-0.15, -0.1) is 0 Å². The van der Waals surface area contributed by atoms with Crippen molar-refractivity contribution in [3.63, 3.8) is 0 Å². The van der Waals surface area contributed by atoms with Crippen LogP contribution in [0.5, 0.6) is 5.75 Å². The minimum atomic E-state index is 0.271. The number of hydrogen-bond donors (Lipinski definition) is 0. The molecule has 0 radical (unpaired) electrons. The predicted octanol–water partition coefficient (Wildman–Crippen LogP) is 6.20. The first-order valence-electron chi connectivity index (χ1n) is 11.9. The molecule has 30 heavy (non-hydrogen) atoms. The minimum absolute atomic E-state index is 0.271. The van der Waals surface area contributed by atoms with Gasteiger partial charge in [0.1, 0.15) is 5.75 Å². The van der Waals surface area contributed by atoms with Crippen molar-refractivity contribution in [1.29, 1.82) is 0 Å². The summed E-state index contributed by atoms with van der Waals surface area (Å²) in [5.41, 5.74) is 0.644. The van der Waals surface area contributed by atoms with Crippen LogP contribution < -0.4 is 4.74 Å². The van der Waals surface area contributed by atoms with Crippen molar-refractivity contribution in [2.45, 2.75) is 77.9 Å². The number of benzene rings is 1. The van der Waals surface area contributed by atoms with E-state index in [-0.39, 0.29) is 11.5 Å². The molecular weight excluding hydrogens is 394 g/mol. The zero-order valence-corrected chi connectivity index (χ0v) is 19.6. The number of rotatable bonds is 2. The van der Waals surface area contributed by atoms with Crippen molar-refractivity contribution >= 4 is 17.5 Å². The molecule has 0 bridgehead atoms. The molecule has 8 atom stereocenters. The lowest BCUT2D eigenvalue weighted by atomic mass is 9.45. The van der Waals surface area contributed by atoms with E-state index in [1.54, 1.807) is 0 Å². The molecule has 0 spiro atoms. The normalized spacial score (nSPS) is 45.5. The molecule has 0 N–H and O–H groups in total. The van der Waals surface area contributed by atoms with Gasteiger partial charge in [-0.25, -0.2) is 0 Å². The van der Waals surface area contributed by atoms with E-state index in [1.165, 1.54) is 12.8 Å². The maximum Gasteiger partial charge on any atom is 0.222 e. The third-order valence-corrected chi connectivity index (χ3v) is 9.99. The third-order valence-electron chi connectivity index (χ3n) is 9.76. The summed E-state index contributed by atoms with van der Waals surface area (Å²) in [6, 6.07) is 8.27. The minimum Gasteiger partial charge on any atom is -0.490 e. The topological polar surface area (TPSA) is 29.5 Å². The standard InChI is InChI=1S/C26H36ClNO2/c1-16-12-22-26(3,11-9-23(29)28(22)4)20-8-10-25(2)15-19(14-21(25)24(16)20)30-18-7-5-6-17(27)13-18/h5-7,13,16,19-22,24H,8-12,14-15H2,1-4H3/t16?,19-,20-,21-,22+,24?,25+,26+/m0/s1. The van der Waals surface area contributed by atoms with Gasteiger partial charge in [0.05, 0.1) is 6.10 Å². The molecule has 1 aromatic rings. The van der Waals surface area contributed by atoms with Gasteiger partial charge in [0.2, 0.25) is 5.91 Å². The van der Waals surface area contributed by atoms with E-state index in [9.17, 15) is 4.79 Å². The van der Waals surface area contributed by atoms with Crippen molar-refractivity contribution in [1.82, 2.24) is 4.90 Å². The maximum atomic E-state index is 12.4. The first kappa shape index (κ1) is 20.7. The highest BCUT2D eigenvalue weighted by molar-refractivity contribution is 6.30. The number of likely N-dealkylation sites (tertiary alicyclic amines) is 1. The number of carbonyl (C=O) groups is 1. The highest BCUT2D eigenvalue weighted by Crippen LogP contribution is 2.66. The summed E-state index contributed by atoms with van der Waals surface area (Å²) >= 11 is 6.18. The van der Waals surface area contributed by atoms with E-state index >= 15 is 0 Å². The van der Waals surface area contributed by atoms with Crippen LogP contribution in [0.25, 0.3) is 0 Å². The summed E-state index contributed by atoms with van der Waals surface area (Å²) in [6.07, 6.45) is 8.15. The quantitative estimate of drug-likeness (QED) is 0.560. The number of halogens is 1. The Morgan fingerprint density at radius 3 is 2.73 bits per heavy atom. The average Bonchev–Trinajstić information content (AvgIpc) is 3.02. The molecule has 4 fully saturated rings. The second kappa shape index (κ2) is 7.15. The van der Waals surface area contributed by atoms with Crippen molar-refractivity contribution < 1.29 is 9.53 Å². The van der Waals surface area contributed by atoms with Crippen LogP contribution in [0.1, 0.15) is 65.7 Å². The Bertz CT molecular complexity index is 842. The summed E-state index contributed by atoms with van der Waals surface area (Å²) in [5, 5.41) is 0.741. The first-order chi connectivity index (χ1) is 14.2. The molecule has 5 rings (SSSR count). The number of piperidine rings is 1. The van der Waals surface area contributed by atoms with Gasteiger partial charge in [0, 0.05) is 24.5 Å². The Morgan fingerprint density at radius 1 is 1.17 bits per heavy atom. The average molecular weight is 430 g/mol. The molecule has 3 nitrogen and oxygen atoms in total. The fourth-order valence-electron chi connectivity index (χ4n) is 8.28. The van der Waals surface area contributed by atoms with E-state index in [4.69, 9.17) is 16.3 Å². The zero-order chi connectivity index (χ0) is 21.3. The zero-order valence-electron chi connectivity index (χ0n) is 18.9. The molecule has 1 aromatic carbocycles. The van der Waals surface area contributed by atoms with E-state index in [2.05, 4.69) is 32.7 Å². The second-order valence-electron chi connectivity index (χ2n) is 11.4. The molecule has 2 unspecified atom stereocenters. The molecule has 1 saturated heterocycles. The van der Waals surface area contributed by atoms with Crippen LogP contribution in [0.15, 0.2) is 24.3 Å². The van der Waals surface area contributed by atoms with E-state index in [1.807, 2.05) is 24.3 Å². The molecule has 1 amide bonds. The molecule has 1 aliphatic heterocycles. The molecule has 3 saturated carbocycles. The molecule has 4 heteroatoms. The van der Waals surface area contributed by atoms with Crippen molar-refractivity contribution in [3.05, 3.63) is 29.3 Å². The number of fused-ring (bicyclic) bond motifs is 5. The Balaban J connectivity index is 1.40. The van der Waals surface area contributed by atoms with Crippen LogP contribution in [0, 0.1) is 34.5 Å². The lowest BCUT2D eigenvalue weighted by Gasteiger charge is -2.63. The number of carbonyl (C=O) groups excluding carboxylic acids is 1. The van der Waals surface area contributed by atoms with Crippen LogP contribution in [-0.2, 0) is 4.79 Å². The summed E-state index contributed by atoms with van der Waals surface area (Å²) < 4.78 is 6.45. The van der Waals surface area contributed by atoms with Gasteiger partial charge in [-0.2, -0.15) is 0 Å². The lowest BCUT2D eigenvalue weighted by molar-refractivity contribution is -0.164. The Kier molecular flexibility index (Phi) is 4.93. The van der Waals surface area contributed by atoms with Gasteiger partial charge in [0.15, 0.2) is 0 Å². The van der Waals surface area contributed by atoms with Crippen LogP contribution in [0.2, 0.25) is 5.02 Å². The molecular formula is C26H36ClNO2. The van der Waals surface area contributed by atoms with Gasteiger partial charge in [-0.1, -0.05) is 38.4 Å². The van der Waals surface area contributed by atoms with Gasteiger partial charge >= 0.3 is 0 Å². The Morgan fingerprint density at radius 2 is 1.97 bits per heavy atom. The maximum absolute atomic E-state index is 12.4. The summed E-state index contributed by atoms with van der Waals surface area (Å²) in [7, 11) is 2.05. The summed E-state index contributed by atoms with van der Waals surface area (Å²) in [4.78, 5) is 14.5. The van der Waals surface area contributed by atoms with Crippen LogP contribution in [0.4, 0.5) is 0 Å². The molecule has 0 aromatic heterocycles. The summed E-state index contributed by atoms with van der Waals surface area (Å²) in [5.74, 6) is 4.11. The van der Waals surface area contributed by atoms with Crippen molar-refractivity contribution in [3.8, 4) is 5.75 Å². The van der Waals surface area contributed by atoms with Crippen LogP contribution >= 0.6 is 11.6 Å². The Labute approximate surface area is 186 Å². The summed E-state index contributed by atoms with van der Waals surface area (Å²) in [6.45, 7) is 7.48. The van der Waals surface area contributed by atoms with Gasteiger partial charge in [-0.3, -0.25) is 4.79 Å². The lowest BCUT2D eigenvalue weighted by Crippen LogP contribution is -2.62. The van der Waals surface area contributed by atoms with E-state index in [0.717, 1.165) is 60.6 Å². The molecule has 3 aliphatic carbocycles. The van der Waals surface area contributed by atoms with Crippen LogP contribution in [0.3, 0.4) is 0 Å². The number of ether oxygens (including phenoxy) is 1. The number of amides is 1. The van der Waals surface area contributed by atoms with Crippen molar-refractivity contribution in [2.75, 3.05) is 7.05 Å². The Hall–Kier alpha value is -1.22.